The summed E-state index contributed by atoms with van der Waals surface area (Å²) >= 11 is 0. The summed E-state index contributed by atoms with van der Waals surface area (Å²) in [5.41, 5.74) is -1.25. The van der Waals surface area contributed by atoms with Crippen LogP contribution >= 0.6 is 0 Å². The Morgan fingerprint density at radius 1 is 0.455 bits per heavy atom. The molecule has 3 nitrogen and oxygen atoms in total. The van der Waals surface area contributed by atoms with Crippen LogP contribution in [0.4, 0.5) is 0 Å². The molecule has 0 aromatic rings. The van der Waals surface area contributed by atoms with E-state index in [0.29, 0.717) is 0 Å². The molecule has 3 N–H and O–H groups in total. The molecule has 0 spiro atoms. The Hall–Kier alpha value is 0.620. The summed E-state index contributed by atoms with van der Waals surface area (Å²) in [5, 5.41) is 27.4. The molecule has 0 aliphatic rings. The zero-order valence-electron chi connectivity index (χ0n) is 16.5. The number of rotatable bonds is 6. The van der Waals surface area contributed by atoms with Gasteiger partial charge in [0.05, 0.1) is 16.8 Å². The van der Waals surface area contributed by atoms with Crippen LogP contribution in [0.5, 0.6) is 0 Å². The van der Waals surface area contributed by atoms with E-state index in [1.165, 1.54) is 0 Å². The van der Waals surface area contributed by atoms with E-state index in [9.17, 15) is 0 Å². The van der Waals surface area contributed by atoms with E-state index >= 15 is 0 Å². The van der Waals surface area contributed by atoms with Gasteiger partial charge in [-0.25, -0.2) is 0 Å². The predicted octanol–water partition coefficient (Wildman–Crippen LogP) is 4.67. The predicted molar refractivity (Wildman–Crippen MR) is 93.6 cm³/mol. The Bertz CT molecular complexity index is 170. The topological polar surface area (TPSA) is 60.7 Å². The van der Waals surface area contributed by atoms with Gasteiger partial charge >= 0.3 is 0 Å². The maximum Gasteiger partial charge on any atom is 0.0614 e. The second-order valence-electron chi connectivity index (χ2n) is 6.61. The first-order chi connectivity index (χ1) is 9.36. The van der Waals surface area contributed by atoms with Crippen LogP contribution in [-0.2, 0) is 22.4 Å². The minimum atomic E-state index is -0.417. The number of hydrogen-bond acceptors (Lipinski definition) is 3. The molecule has 137 valence electrons. The zero-order chi connectivity index (χ0) is 17.7. The Morgan fingerprint density at radius 2 is 0.545 bits per heavy atom. The van der Waals surface area contributed by atoms with E-state index in [1.54, 1.807) is 0 Å². The monoisotopic (exact) mass is 487 g/mol. The molecule has 0 saturated carbocycles. The average Bonchev–Trinajstić information content (AvgIpc) is 2.48. The molecule has 0 amide bonds. The fourth-order valence-electron chi connectivity index (χ4n) is 0.750. The van der Waals surface area contributed by atoms with Gasteiger partial charge in [-0.15, -0.1) is 0 Å². The maximum atomic E-state index is 9.13. The first-order valence-corrected chi connectivity index (χ1v) is 8.53. The van der Waals surface area contributed by atoms with Gasteiger partial charge in [-0.1, -0.05) is 41.5 Å². The van der Waals surface area contributed by atoms with Crippen molar-refractivity contribution in [2.24, 2.45) is 0 Å². The van der Waals surface area contributed by atoms with E-state index in [2.05, 4.69) is 0 Å². The normalized spacial score (nSPS) is 11.5. The van der Waals surface area contributed by atoms with Crippen molar-refractivity contribution in [3.63, 3.8) is 0 Å². The van der Waals surface area contributed by atoms with Crippen LogP contribution in [0.1, 0.15) is 101 Å². The van der Waals surface area contributed by atoms with Gasteiger partial charge in [-0.05, 0) is 59.3 Å². The second-order valence-corrected chi connectivity index (χ2v) is 6.61. The van der Waals surface area contributed by atoms with Crippen molar-refractivity contribution < 1.29 is 37.7 Å². The van der Waals surface area contributed by atoms with Crippen molar-refractivity contribution in [3.8, 4) is 0 Å². The molecule has 0 fully saturated rings. The number of hydrogen-bond donors (Lipinski definition) is 3. The summed E-state index contributed by atoms with van der Waals surface area (Å²) in [6.07, 6.45) is 5.10. The molecule has 0 bridgehead atoms. The van der Waals surface area contributed by atoms with Gasteiger partial charge < -0.3 is 15.3 Å². The molecule has 0 rings (SSSR count). The van der Waals surface area contributed by atoms with Gasteiger partial charge in [-0.3, -0.25) is 0 Å². The molecule has 0 aliphatic heterocycles. The van der Waals surface area contributed by atoms with Crippen molar-refractivity contribution in [1.82, 2.24) is 0 Å². The quantitative estimate of drug-likeness (QED) is 0.511. The fourth-order valence-corrected chi connectivity index (χ4v) is 0.750. The van der Waals surface area contributed by atoms with Crippen LogP contribution in [0, 0.1) is 0 Å². The third-order valence-corrected chi connectivity index (χ3v) is 4.57. The molecule has 0 aromatic carbocycles. The van der Waals surface area contributed by atoms with Crippen molar-refractivity contribution in [1.29, 1.82) is 0 Å². The Kier molecular flexibility index (Phi) is 21.0. The molecule has 0 aliphatic carbocycles. The smallest absolute Gasteiger partial charge is 0.0614 e. The van der Waals surface area contributed by atoms with Gasteiger partial charge in [0.2, 0.25) is 0 Å². The molecule has 22 heavy (non-hydrogen) atoms. The maximum absolute atomic E-state index is 9.13. The first kappa shape index (κ1) is 30.5. The van der Waals surface area contributed by atoms with E-state index in [0.717, 1.165) is 38.5 Å². The van der Waals surface area contributed by atoms with Gasteiger partial charge in [0.15, 0.2) is 0 Å². The molecule has 0 atom stereocenters. The third kappa shape index (κ3) is 22.9. The van der Waals surface area contributed by atoms with Gasteiger partial charge in [0, 0.05) is 22.4 Å². The third-order valence-electron chi connectivity index (χ3n) is 4.57. The van der Waals surface area contributed by atoms with Crippen LogP contribution in [0.25, 0.3) is 0 Å². The summed E-state index contributed by atoms with van der Waals surface area (Å²) in [7, 11) is 0. The first-order valence-electron chi connectivity index (χ1n) is 8.53. The summed E-state index contributed by atoms with van der Waals surface area (Å²) in [6, 6.07) is 0. The number of aliphatic hydroxyl groups is 3. The summed E-state index contributed by atoms with van der Waals surface area (Å²) in [6.45, 7) is 17.5. The van der Waals surface area contributed by atoms with Crippen LogP contribution in [0.3, 0.4) is 0 Å². The minimum absolute atomic E-state index is 0. The van der Waals surface area contributed by atoms with Crippen LogP contribution in [0.15, 0.2) is 0 Å². The molecule has 1 radical (unpaired) electrons. The Morgan fingerprint density at radius 3 is 0.545 bits per heavy atom. The summed E-state index contributed by atoms with van der Waals surface area (Å²) in [4.78, 5) is 0. The SMILES string of the molecule is CCC(C)(O)CC.CCC(C)(O)CC.CCC(C)(O)CC.[Ta]. The van der Waals surface area contributed by atoms with E-state index in [-0.39, 0.29) is 22.4 Å². The average molecular weight is 487 g/mol. The van der Waals surface area contributed by atoms with Crippen molar-refractivity contribution in [2.75, 3.05) is 0 Å². The van der Waals surface area contributed by atoms with Crippen LogP contribution in [-0.4, -0.2) is 32.1 Å². The fraction of sp³-hybridized carbons (Fsp3) is 1.00. The van der Waals surface area contributed by atoms with Crippen molar-refractivity contribution in [2.45, 2.75) is 118 Å². The molecular weight excluding hydrogens is 445 g/mol. The molecular formula is C18H42O3Ta. The van der Waals surface area contributed by atoms with Gasteiger partial charge in [-0.2, -0.15) is 0 Å². The largest absolute Gasteiger partial charge is 0.390 e. The van der Waals surface area contributed by atoms with Crippen LogP contribution in [0.2, 0.25) is 0 Å². The van der Waals surface area contributed by atoms with Gasteiger partial charge in [0.1, 0.15) is 0 Å². The molecule has 0 saturated heterocycles. The molecule has 0 unspecified atom stereocenters. The molecule has 0 aromatic heterocycles. The minimum Gasteiger partial charge on any atom is -0.390 e. The summed E-state index contributed by atoms with van der Waals surface area (Å²) < 4.78 is 0. The molecule has 0 heterocycles. The Balaban J connectivity index is -0.000000108. The second kappa shape index (κ2) is 15.2. The Labute approximate surface area is 155 Å². The van der Waals surface area contributed by atoms with E-state index < -0.39 is 16.8 Å². The van der Waals surface area contributed by atoms with Crippen molar-refractivity contribution >= 4 is 0 Å². The standard InChI is InChI=1S/3C6H14O.Ta/c3*1-4-6(3,7)5-2;/h3*7H,4-5H2,1-3H3;. The van der Waals surface area contributed by atoms with E-state index in [1.807, 2.05) is 62.3 Å². The van der Waals surface area contributed by atoms with Crippen molar-refractivity contribution in [3.05, 3.63) is 0 Å². The van der Waals surface area contributed by atoms with Gasteiger partial charge in [0.25, 0.3) is 0 Å². The molecule has 4 heteroatoms. The van der Waals surface area contributed by atoms with E-state index in [4.69, 9.17) is 15.3 Å². The van der Waals surface area contributed by atoms with Crippen LogP contribution < -0.4 is 0 Å². The zero-order valence-corrected chi connectivity index (χ0v) is 19.7. The summed E-state index contributed by atoms with van der Waals surface area (Å²) in [5.74, 6) is 0.